The number of ether oxygens (including phenoxy) is 2. The summed E-state index contributed by atoms with van der Waals surface area (Å²) in [7, 11) is 1.48. The Balaban J connectivity index is 1.85. The van der Waals surface area contributed by atoms with Gasteiger partial charge in [0.1, 0.15) is 13.2 Å². The number of rotatable bonds is 7. The number of nitrogens with zero attached hydrogens (tertiary/aromatic N) is 2. The molecule has 1 N–H and O–H groups in total. The lowest BCUT2D eigenvalue weighted by molar-refractivity contribution is -0.140. The van der Waals surface area contributed by atoms with Crippen molar-refractivity contribution in [2.24, 2.45) is 0 Å². The Kier molecular flexibility index (Phi) is 7.19. The van der Waals surface area contributed by atoms with Gasteiger partial charge < -0.3 is 14.6 Å². The molecule has 0 saturated carbocycles. The van der Waals surface area contributed by atoms with E-state index >= 15 is 0 Å². The van der Waals surface area contributed by atoms with Crippen LogP contribution in [-0.2, 0) is 16.2 Å². The highest BCUT2D eigenvalue weighted by atomic mass is 127. The molecule has 8 nitrogen and oxygen atoms in total. The summed E-state index contributed by atoms with van der Waals surface area (Å²) >= 11 is 2.75. The molecule has 0 unspecified atom stereocenters. The van der Waals surface area contributed by atoms with E-state index in [2.05, 4.69) is 28.7 Å². The van der Waals surface area contributed by atoms with E-state index in [-0.39, 0.29) is 11.5 Å². The molecular weight excluding hydrogens is 535 g/mol. The average Bonchev–Trinajstić information content (AvgIpc) is 2.99. The Morgan fingerprint density at radius 2 is 2.06 bits per heavy atom. The minimum Gasteiger partial charge on any atom is -0.493 e. The second-order valence-corrected chi connectivity index (χ2v) is 8.41. The van der Waals surface area contributed by atoms with Crippen molar-refractivity contribution in [3.05, 3.63) is 61.6 Å². The zero-order valence-corrected chi connectivity index (χ0v) is 19.1. The fraction of sp³-hybridized carbons (Fsp3) is 0.143. The predicted octanol–water partition coefficient (Wildman–Crippen LogP) is 3.87. The number of halogens is 1. The van der Waals surface area contributed by atoms with Crippen LogP contribution in [0.15, 0.2) is 41.3 Å². The molecule has 0 atom stereocenters. The number of hydrogen-bond donors (Lipinski definition) is 1. The van der Waals surface area contributed by atoms with Gasteiger partial charge in [-0.15, -0.1) is 0 Å². The first kappa shape index (κ1) is 22.6. The fourth-order valence-electron chi connectivity index (χ4n) is 2.79. The van der Waals surface area contributed by atoms with Crippen LogP contribution in [0, 0.1) is 14.9 Å². The second kappa shape index (κ2) is 9.84. The number of carboxylic acid groups (broad SMARTS) is 1. The summed E-state index contributed by atoms with van der Waals surface area (Å²) in [6.07, 6.45) is 1.51. The van der Waals surface area contributed by atoms with Gasteiger partial charge in [-0.2, -0.15) is 5.26 Å². The van der Waals surface area contributed by atoms with Gasteiger partial charge in [0, 0.05) is 5.56 Å². The smallest absolute Gasteiger partial charge is 0.323 e. The highest BCUT2D eigenvalue weighted by Crippen LogP contribution is 2.37. The van der Waals surface area contributed by atoms with Crippen LogP contribution in [0.1, 0.15) is 16.7 Å². The molecule has 1 saturated heterocycles. The number of hydrogen-bond acceptors (Lipinski definition) is 7. The summed E-state index contributed by atoms with van der Waals surface area (Å²) in [4.78, 5) is 36.0. The molecule has 158 valence electrons. The number of amides is 2. The number of thioether (sulfide) groups is 1. The van der Waals surface area contributed by atoms with Crippen LogP contribution in [-0.4, -0.2) is 40.8 Å². The third kappa shape index (κ3) is 5.18. The van der Waals surface area contributed by atoms with E-state index in [4.69, 9.17) is 14.6 Å². The van der Waals surface area contributed by atoms with Crippen LogP contribution in [0.3, 0.4) is 0 Å². The van der Waals surface area contributed by atoms with Crippen LogP contribution >= 0.6 is 34.4 Å². The first-order valence-corrected chi connectivity index (χ1v) is 10.7. The van der Waals surface area contributed by atoms with Crippen LogP contribution in [0.25, 0.3) is 6.08 Å². The number of nitriles is 1. The molecule has 2 aromatic carbocycles. The fourth-order valence-corrected chi connectivity index (χ4v) is 4.41. The monoisotopic (exact) mass is 550 g/mol. The van der Waals surface area contributed by atoms with Gasteiger partial charge in [0.15, 0.2) is 11.5 Å². The standard InChI is InChI=1S/C21H15IN2O6S/c1-29-16-7-12(8-17-20(27)24(10-18(25)26)21(28)31-17)6-15(22)19(16)30-11-14-5-3-2-4-13(14)9-23/h2-8H,10-11H2,1H3,(H,25,26)/b17-8+. The quantitative estimate of drug-likeness (QED) is 0.408. The lowest BCUT2D eigenvalue weighted by Gasteiger charge is -2.14. The second-order valence-electron chi connectivity index (χ2n) is 6.25. The van der Waals surface area contributed by atoms with Crippen molar-refractivity contribution < 1.29 is 29.0 Å². The first-order chi connectivity index (χ1) is 14.8. The number of carbonyl (C=O) groups excluding carboxylic acids is 2. The summed E-state index contributed by atoms with van der Waals surface area (Å²) in [6, 6.07) is 12.6. The Labute approximate surface area is 195 Å². The Morgan fingerprint density at radius 1 is 1.32 bits per heavy atom. The molecule has 2 amide bonds. The molecule has 1 aliphatic heterocycles. The van der Waals surface area contributed by atoms with Gasteiger partial charge in [-0.3, -0.25) is 19.3 Å². The van der Waals surface area contributed by atoms with Crippen LogP contribution in [0.5, 0.6) is 11.5 Å². The zero-order valence-electron chi connectivity index (χ0n) is 16.1. The van der Waals surface area contributed by atoms with E-state index < -0.39 is 23.7 Å². The van der Waals surface area contributed by atoms with Crippen molar-refractivity contribution in [3.8, 4) is 17.6 Å². The first-order valence-electron chi connectivity index (χ1n) is 8.79. The van der Waals surface area contributed by atoms with Gasteiger partial charge in [-0.05, 0) is 64.2 Å². The highest BCUT2D eigenvalue weighted by Gasteiger charge is 2.36. The summed E-state index contributed by atoms with van der Waals surface area (Å²) in [6.45, 7) is -0.511. The van der Waals surface area contributed by atoms with Crippen LogP contribution in [0.2, 0.25) is 0 Å². The molecular formula is C21H15IN2O6S. The number of carboxylic acids is 1. The Hall–Kier alpha value is -3.04. The summed E-state index contributed by atoms with van der Waals surface area (Å²) in [5.41, 5.74) is 1.84. The van der Waals surface area contributed by atoms with Crippen LogP contribution in [0.4, 0.5) is 4.79 Å². The molecule has 0 aromatic heterocycles. The Morgan fingerprint density at radius 3 is 2.74 bits per heavy atom. The van der Waals surface area contributed by atoms with Crippen molar-refractivity contribution in [1.82, 2.24) is 4.90 Å². The normalized spacial score (nSPS) is 14.6. The van der Waals surface area contributed by atoms with E-state index in [0.717, 1.165) is 5.56 Å². The zero-order chi connectivity index (χ0) is 22.5. The van der Waals surface area contributed by atoms with E-state index in [9.17, 15) is 19.6 Å². The maximum atomic E-state index is 12.4. The van der Waals surface area contributed by atoms with Gasteiger partial charge >= 0.3 is 5.97 Å². The summed E-state index contributed by atoms with van der Waals surface area (Å²) in [5, 5.41) is 17.5. The maximum Gasteiger partial charge on any atom is 0.323 e. The van der Waals surface area contributed by atoms with Gasteiger partial charge in [-0.25, -0.2) is 0 Å². The van der Waals surface area contributed by atoms with Gasteiger partial charge in [0.2, 0.25) is 0 Å². The number of imide groups is 1. The molecule has 0 aliphatic carbocycles. The molecule has 31 heavy (non-hydrogen) atoms. The number of aliphatic carboxylic acids is 1. The highest BCUT2D eigenvalue weighted by molar-refractivity contribution is 14.1. The van der Waals surface area contributed by atoms with Crippen molar-refractivity contribution in [1.29, 1.82) is 5.26 Å². The molecule has 1 heterocycles. The van der Waals surface area contributed by atoms with Gasteiger partial charge in [0.05, 0.1) is 27.2 Å². The molecule has 2 aromatic rings. The molecule has 0 radical (unpaired) electrons. The molecule has 0 spiro atoms. The average molecular weight is 550 g/mol. The summed E-state index contributed by atoms with van der Waals surface area (Å²) in [5.74, 6) is -1.02. The van der Waals surface area contributed by atoms with Gasteiger partial charge in [-0.1, -0.05) is 18.2 Å². The number of carbonyl (C=O) groups is 3. The minimum atomic E-state index is -1.26. The predicted molar refractivity (Wildman–Crippen MR) is 122 cm³/mol. The third-order valence-electron chi connectivity index (χ3n) is 4.23. The van der Waals surface area contributed by atoms with E-state index in [1.807, 2.05) is 6.07 Å². The molecule has 1 aliphatic rings. The lowest BCUT2D eigenvalue weighted by atomic mass is 10.1. The largest absolute Gasteiger partial charge is 0.493 e. The van der Waals surface area contributed by atoms with E-state index in [1.165, 1.54) is 13.2 Å². The SMILES string of the molecule is COc1cc(/C=C2/SC(=O)N(CC(=O)O)C2=O)cc(I)c1OCc1ccccc1C#N. The molecule has 1 fully saturated rings. The van der Waals surface area contributed by atoms with Crippen LogP contribution < -0.4 is 9.47 Å². The Bertz CT molecular complexity index is 1140. The number of benzene rings is 2. The van der Waals surface area contributed by atoms with Gasteiger partial charge in [0.25, 0.3) is 11.1 Å². The summed E-state index contributed by atoms with van der Waals surface area (Å²) < 4.78 is 12.0. The lowest BCUT2D eigenvalue weighted by Crippen LogP contribution is -2.33. The van der Waals surface area contributed by atoms with Crippen molar-refractivity contribution in [3.63, 3.8) is 0 Å². The minimum absolute atomic E-state index is 0.126. The van der Waals surface area contributed by atoms with E-state index in [0.29, 0.717) is 42.9 Å². The number of methoxy groups -OCH3 is 1. The molecule has 0 bridgehead atoms. The third-order valence-corrected chi connectivity index (χ3v) is 5.94. The van der Waals surface area contributed by atoms with Crippen molar-refractivity contribution in [2.45, 2.75) is 6.61 Å². The maximum absolute atomic E-state index is 12.4. The van der Waals surface area contributed by atoms with Crippen molar-refractivity contribution in [2.75, 3.05) is 13.7 Å². The van der Waals surface area contributed by atoms with E-state index in [1.54, 1.807) is 30.3 Å². The van der Waals surface area contributed by atoms with Crippen molar-refractivity contribution >= 4 is 57.5 Å². The molecule has 3 rings (SSSR count). The topological polar surface area (TPSA) is 117 Å². The molecule has 10 heteroatoms.